The molecule has 0 spiro atoms. The number of benzene rings is 1. The molecule has 0 saturated carbocycles. The van der Waals surface area contributed by atoms with E-state index in [2.05, 4.69) is 10.2 Å². The Morgan fingerprint density at radius 1 is 1.53 bits per heavy atom. The highest BCUT2D eigenvalue weighted by Gasteiger charge is 2.11. The zero-order valence-corrected chi connectivity index (χ0v) is 9.09. The number of rotatable bonds is 3. The molecule has 1 aromatic carbocycles. The van der Waals surface area contributed by atoms with Crippen LogP contribution in [0.1, 0.15) is 23.0 Å². The van der Waals surface area contributed by atoms with E-state index in [1.165, 1.54) is 16.9 Å². The van der Waals surface area contributed by atoms with Gasteiger partial charge in [0, 0.05) is 6.07 Å². The lowest BCUT2D eigenvalue weighted by molar-refractivity contribution is 0.0692. The predicted molar refractivity (Wildman–Crippen MR) is 57.7 cm³/mol. The molecule has 0 fully saturated rings. The monoisotopic (exact) mass is 235 g/mol. The summed E-state index contributed by atoms with van der Waals surface area (Å²) < 4.78 is 13.4. The van der Waals surface area contributed by atoms with E-state index >= 15 is 0 Å². The van der Waals surface area contributed by atoms with E-state index in [0.29, 0.717) is 5.69 Å². The third-order valence-electron chi connectivity index (χ3n) is 2.32. The molecule has 0 atom stereocenters. The number of hydrogen-bond acceptors (Lipinski definition) is 3. The first-order valence-electron chi connectivity index (χ1n) is 5.06. The lowest BCUT2D eigenvalue weighted by atomic mass is 10.2. The van der Waals surface area contributed by atoms with Crippen LogP contribution in [0.25, 0.3) is 5.69 Å². The molecule has 2 aromatic rings. The van der Waals surface area contributed by atoms with Crippen molar-refractivity contribution in [2.75, 3.05) is 0 Å². The highest BCUT2D eigenvalue weighted by Crippen LogP contribution is 2.13. The third-order valence-corrected chi connectivity index (χ3v) is 2.32. The van der Waals surface area contributed by atoms with Gasteiger partial charge in [0.2, 0.25) is 0 Å². The molecule has 0 bridgehead atoms. The molecule has 0 radical (unpaired) electrons. The van der Waals surface area contributed by atoms with E-state index in [-0.39, 0.29) is 5.56 Å². The Morgan fingerprint density at radius 3 is 2.82 bits per heavy atom. The van der Waals surface area contributed by atoms with Crippen molar-refractivity contribution in [3.8, 4) is 5.69 Å². The molecule has 0 aliphatic rings. The van der Waals surface area contributed by atoms with Crippen LogP contribution in [0.15, 0.2) is 24.4 Å². The number of aromatic nitrogens is 3. The Morgan fingerprint density at radius 2 is 2.29 bits per heavy atom. The quantitative estimate of drug-likeness (QED) is 0.878. The lowest BCUT2D eigenvalue weighted by Gasteiger charge is -2.01. The van der Waals surface area contributed by atoms with Crippen LogP contribution >= 0.6 is 0 Å². The Kier molecular flexibility index (Phi) is 2.86. The van der Waals surface area contributed by atoms with Gasteiger partial charge in [0.15, 0.2) is 0 Å². The number of hydrogen-bond donors (Lipinski definition) is 1. The maximum Gasteiger partial charge on any atom is 0.338 e. The van der Waals surface area contributed by atoms with Crippen molar-refractivity contribution < 1.29 is 14.3 Å². The normalized spacial score (nSPS) is 10.5. The van der Waals surface area contributed by atoms with E-state index in [1.807, 2.05) is 6.92 Å². The van der Waals surface area contributed by atoms with Gasteiger partial charge < -0.3 is 5.11 Å². The number of aryl methyl sites for hydroxylation is 1. The topological polar surface area (TPSA) is 68.0 Å². The number of carbonyl (C=O) groups is 1. The van der Waals surface area contributed by atoms with Gasteiger partial charge in [0.05, 0.1) is 23.1 Å². The van der Waals surface area contributed by atoms with Crippen molar-refractivity contribution in [3.63, 3.8) is 0 Å². The summed E-state index contributed by atoms with van der Waals surface area (Å²) in [5, 5.41) is 16.8. The molecule has 88 valence electrons. The Bertz CT molecular complexity index is 566. The van der Waals surface area contributed by atoms with Crippen molar-refractivity contribution >= 4 is 5.97 Å². The summed E-state index contributed by atoms with van der Waals surface area (Å²) >= 11 is 0. The Balaban J connectivity index is 2.40. The van der Waals surface area contributed by atoms with Gasteiger partial charge in [-0.25, -0.2) is 9.18 Å². The highest BCUT2D eigenvalue weighted by molar-refractivity contribution is 5.88. The van der Waals surface area contributed by atoms with E-state index < -0.39 is 11.8 Å². The van der Waals surface area contributed by atoms with Gasteiger partial charge in [0.25, 0.3) is 0 Å². The zero-order chi connectivity index (χ0) is 12.4. The first kappa shape index (κ1) is 11.3. The maximum atomic E-state index is 13.4. The summed E-state index contributed by atoms with van der Waals surface area (Å²) in [4.78, 5) is 11.9. The van der Waals surface area contributed by atoms with Gasteiger partial charge in [-0.2, -0.15) is 15.0 Å². The zero-order valence-electron chi connectivity index (χ0n) is 9.09. The number of carboxylic acids is 1. The Hall–Kier alpha value is -2.24. The number of aromatic carboxylic acids is 1. The minimum atomic E-state index is -1.29. The molecule has 1 aromatic heterocycles. The standard InChI is InChI=1S/C11H10FN3O2/c1-2-7-6-13-15(14-7)8-3-4-9(11(16)17)10(12)5-8/h3-6H,2H2,1H3,(H,16,17). The molecule has 1 N–H and O–H groups in total. The smallest absolute Gasteiger partial charge is 0.338 e. The maximum absolute atomic E-state index is 13.4. The number of halogens is 1. The van der Waals surface area contributed by atoms with E-state index in [1.54, 1.807) is 6.20 Å². The molecular formula is C11H10FN3O2. The fraction of sp³-hybridized carbons (Fsp3) is 0.182. The number of carboxylic acid groups (broad SMARTS) is 1. The molecule has 0 aliphatic heterocycles. The summed E-state index contributed by atoms with van der Waals surface area (Å²) in [7, 11) is 0. The van der Waals surface area contributed by atoms with Crippen molar-refractivity contribution in [3.05, 3.63) is 41.5 Å². The molecular weight excluding hydrogens is 225 g/mol. The molecule has 5 nitrogen and oxygen atoms in total. The number of nitrogens with zero attached hydrogens (tertiary/aromatic N) is 3. The first-order valence-corrected chi connectivity index (χ1v) is 5.06. The minimum absolute atomic E-state index is 0.364. The van der Waals surface area contributed by atoms with Gasteiger partial charge in [-0.1, -0.05) is 6.92 Å². The fourth-order valence-corrected chi connectivity index (χ4v) is 1.38. The van der Waals surface area contributed by atoms with Gasteiger partial charge in [-0.3, -0.25) is 0 Å². The predicted octanol–water partition coefficient (Wildman–Crippen LogP) is 1.67. The second-order valence-electron chi connectivity index (χ2n) is 3.45. The average molecular weight is 235 g/mol. The van der Waals surface area contributed by atoms with Gasteiger partial charge in [0.1, 0.15) is 5.82 Å². The van der Waals surface area contributed by atoms with Crippen LogP contribution in [0.2, 0.25) is 0 Å². The molecule has 0 aliphatic carbocycles. The van der Waals surface area contributed by atoms with Crippen LogP contribution in [0.3, 0.4) is 0 Å². The Labute approximate surface area is 96.5 Å². The van der Waals surface area contributed by atoms with Gasteiger partial charge in [-0.05, 0) is 18.6 Å². The average Bonchev–Trinajstić information content (AvgIpc) is 2.76. The van der Waals surface area contributed by atoms with E-state index in [0.717, 1.165) is 18.2 Å². The lowest BCUT2D eigenvalue weighted by Crippen LogP contribution is -2.04. The molecule has 0 saturated heterocycles. The molecule has 0 amide bonds. The largest absolute Gasteiger partial charge is 0.478 e. The minimum Gasteiger partial charge on any atom is -0.478 e. The molecule has 17 heavy (non-hydrogen) atoms. The van der Waals surface area contributed by atoms with Crippen LogP contribution in [-0.4, -0.2) is 26.1 Å². The summed E-state index contributed by atoms with van der Waals surface area (Å²) in [5.41, 5.74) is 0.816. The van der Waals surface area contributed by atoms with Crippen LogP contribution in [-0.2, 0) is 6.42 Å². The summed E-state index contributed by atoms with van der Waals surface area (Å²) in [6, 6.07) is 3.76. The van der Waals surface area contributed by atoms with Crippen LogP contribution in [0.4, 0.5) is 4.39 Å². The van der Waals surface area contributed by atoms with Crippen LogP contribution in [0, 0.1) is 5.82 Å². The van der Waals surface area contributed by atoms with Gasteiger partial charge >= 0.3 is 5.97 Å². The van der Waals surface area contributed by atoms with Crippen molar-refractivity contribution in [2.45, 2.75) is 13.3 Å². The summed E-state index contributed by atoms with van der Waals surface area (Å²) in [6.45, 7) is 1.93. The first-order chi connectivity index (χ1) is 8.11. The highest BCUT2D eigenvalue weighted by atomic mass is 19.1. The molecule has 1 heterocycles. The van der Waals surface area contributed by atoms with Crippen molar-refractivity contribution in [1.82, 2.24) is 15.0 Å². The van der Waals surface area contributed by atoms with Crippen LogP contribution < -0.4 is 0 Å². The SMILES string of the molecule is CCc1cnn(-c2ccc(C(=O)O)c(F)c2)n1. The summed E-state index contributed by atoms with van der Waals surface area (Å²) in [5.74, 6) is -2.10. The van der Waals surface area contributed by atoms with Crippen molar-refractivity contribution in [1.29, 1.82) is 0 Å². The van der Waals surface area contributed by atoms with Gasteiger partial charge in [-0.15, -0.1) is 0 Å². The molecule has 2 rings (SSSR count). The second-order valence-corrected chi connectivity index (χ2v) is 3.45. The summed E-state index contributed by atoms with van der Waals surface area (Å²) in [6.07, 6.45) is 2.32. The third kappa shape index (κ3) is 2.15. The van der Waals surface area contributed by atoms with Crippen molar-refractivity contribution in [2.24, 2.45) is 0 Å². The fourth-order valence-electron chi connectivity index (χ4n) is 1.38. The van der Waals surface area contributed by atoms with E-state index in [9.17, 15) is 9.18 Å². The molecule has 6 heteroatoms. The van der Waals surface area contributed by atoms with E-state index in [4.69, 9.17) is 5.11 Å². The second kappa shape index (κ2) is 4.32. The van der Waals surface area contributed by atoms with Crippen LogP contribution in [0.5, 0.6) is 0 Å². The molecule has 0 unspecified atom stereocenters.